The fourth-order valence-electron chi connectivity index (χ4n) is 3.57. The Labute approximate surface area is 124 Å². The SMILES string of the molecule is C=C1CC2CCC(C1)N2C(=O)N1CCN(S(C)(=O)=O)C1=O. The lowest BCUT2D eigenvalue weighted by Crippen LogP contribution is -2.52. The van der Waals surface area contributed by atoms with E-state index in [1.165, 1.54) is 0 Å². The van der Waals surface area contributed by atoms with E-state index in [2.05, 4.69) is 6.58 Å². The van der Waals surface area contributed by atoms with Gasteiger partial charge >= 0.3 is 12.1 Å². The van der Waals surface area contributed by atoms with E-state index in [0.717, 1.165) is 46.7 Å². The average Bonchev–Trinajstić information content (AvgIpc) is 2.87. The van der Waals surface area contributed by atoms with Crippen LogP contribution in [0, 0.1) is 0 Å². The summed E-state index contributed by atoms with van der Waals surface area (Å²) in [5.74, 6) is 0. The number of hydrogen-bond acceptors (Lipinski definition) is 4. The largest absolute Gasteiger partial charge is 0.341 e. The van der Waals surface area contributed by atoms with Crippen molar-refractivity contribution in [2.45, 2.75) is 37.8 Å². The molecule has 0 N–H and O–H groups in total. The number of carbonyl (C=O) groups is 2. The van der Waals surface area contributed by atoms with Crippen molar-refractivity contribution in [3.8, 4) is 0 Å². The van der Waals surface area contributed by atoms with Crippen LogP contribution in [0.2, 0.25) is 0 Å². The first-order valence-corrected chi connectivity index (χ1v) is 8.92. The van der Waals surface area contributed by atoms with Crippen LogP contribution in [0.25, 0.3) is 0 Å². The van der Waals surface area contributed by atoms with Crippen LogP contribution < -0.4 is 0 Å². The molecule has 0 aromatic carbocycles. The van der Waals surface area contributed by atoms with Crippen molar-refractivity contribution >= 4 is 22.1 Å². The predicted molar refractivity (Wildman–Crippen MR) is 76.1 cm³/mol. The van der Waals surface area contributed by atoms with Gasteiger partial charge < -0.3 is 4.90 Å². The number of piperidine rings is 1. The van der Waals surface area contributed by atoms with Gasteiger partial charge in [0.1, 0.15) is 0 Å². The highest BCUT2D eigenvalue weighted by Crippen LogP contribution is 2.38. The number of fused-ring (bicyclic) bond motifs is 2. The Balaban J connectivity index is 1.78. The molecule has 3 aliphatic rings. The van der Waals surface area contributed by atoms with Crippen LogP contribution in [0.5, 0.6) is 0 Å². The van der Waals surface area contributed by atoms with Gasteiger partial charge in [0.25, 0.3) is 0 Å². The summed E-state index contributed by atoms with van der Waals surface area (Å²) in [4.78, 5) is 27.6. The van der Waals surface area contributed by atoms with Gasteiger partial charge in [-0.15, -0.1) is 0 Å². The van der Waals surface area contributed by atoms with E-state index in [-0.39, 0.29) is 31.2 Å². The third-order valence-corrected chi connectivity index (χ3v) is 5.63. The third-order valence-electron chi connectivity index (χ3n) is 4.49. The first kappa shape index (κ1) is 14.4. The molecule has 7 nitrogen and oxygen atoms in total. The molecule has 2 bridgehead atoms. The summed E-state index contributed by atoms with van der Waals surface area (Å²) in [6, 6.07) is -0.884. The van der Waals surface area contributed by atoms with Crippen LogP contribution in [0.3, 0.4) is 0 Å². The highest BCUT2D eigenvalue weighted by atomic mass is 32.2. The average molecular weight is 313 g/mol. The lowest BCUT2D eigenvalue weighted by atomic mass is 9.99. The zero-order valence-corrected chi connectivity index (χ0v) is 12.8. The highest BCUT2D eigenvalue weighted by molar-refractivity contribution is 7.88. The minimum Gasteiger partial charge on any atom is -0.318 e. The van der Waals surface area contributed by atoms with Gasteiger partial charge in [0, 0.05) is 12.1 Å². The van der Waals surface area contributed by atoms with Crippen molar-refractivity contribution in [1.82, 2.24) is 14.1 Å². The zero-order valence-electron chi connectivity index (χ0n) is 12.0. The van der Waals surface area contributed by atoms with Gasteiger partial charge in [-0.05, 0) is 25.7 Å². The summed E-state index contributed by atoms with van der Waals surface area (Å²) in [7, 11) is -3.61. The van der Waals surface area contributed by atoms with Crippen LogP contribution in [-0.2, 0) is 10.0 Å². The molecule has 21 heavy (non-hydrogen) atoms. The van der Waals surface area contributed by atoms with E-state index in [1.54, 1.807) is 4.90 Å². The zero-order chi connectivity index (χ0) is 15.4. The molecule has 0 spiro atoms. The van der Waals surface area contributed by atoms with Gasteiger partial charge in [-0.25, -0.2) is 27.2 Å². The molecule has 0 aromatic heterocycles. The van der Waals surface area contributed by atoms with Gasteiger partial charge in [-0.2, -0.15) is 0 Å². The minimum absolute atomic E-state index is 0.0410. The Bertz CT molecular complexity index is 599. The molecule has 0 aliphatic carbocycles. The Morgan fingerprint density at radius 3 is 2.24 bits per heavy atom. The number of nitrogens with zero attached hydrogens (tertiary/aromatic N) is 3. The van der Waals surface area contributed by atoms with E-state index >= 15 is 0 Å². The fraction of sp³-hybridized carbons (Fsp3) is 0.692. The summed E-state index contributed by atoms with van der Waals surface area (Å²) >= 11 is 0. The second kappa shape index (κ2) is 4.72. The second-order valence-electron chi connectivity index (χ2n) is 6.00. The predicted octanol–water partition coefficient (Wildman–Crippen LogP) is 0.987. The number of carbonyl (C=O) groups excluding carboxylic acids is 2. The van der Waals surface area contributed by atoms with E-state index in [4.69, 9.17) is 0 Å². The Hall–Kier alpha value is -1.57. The number of imide groups is 1. The standard InChI is InChI=1S/C13H19N3O4S/c1-9-7-10-3-4-11(8-9)16(10)13(18)14-5-6-15(12(14)17)21(2,19)20/h10-11H,1,3-8H2,2H3. The molecule has 3 saturated heterocycles. The molecular weight excluding hydrogens is 294 g/mol. The third kappa shape index (κ3) is 2.31. The molecule has 3 fully saturated rings. The smallest absolute Gasteiger partial charge is 0.318 e. The minimum atomic E-state index is -3.61. The monoisotopic (exact) mass is 313 g/mol. The maximum Gasteiger partial charge on any atom is 0.341 e. The molecule has 3 heterocycles. The number of urea groups is 2. The lowest BCUT2D eigenvalue weighted by Gasteiger charge is -2.37. The van der Waals surface area contributed by atoms with E-state index in [0.29, 0.717) is 0 Å². The molecule has 0 saturated carbocycles. The summed E-state index contributed by atoms with van der Waals surface area (Å²) in [5.41, 5.74) is 1.15. The summed E-state index contributed by atoms with van der Waals surface area (Å²) in [6.45, 7) is 4.17. The molecule has 3 rings (SSSR count). The van der Waals surface area contributed by atoms with E-state index < -0.39 is 16.1 Å². The maximum absolute atomic E-state index is 12.6. The fourth-order valence-corrected chi connectivity index (χ4v) is 4.36. The molecule has 2 atom stereocenters. The van der Waals surface area contributed by atoms with Crippen LogP contribution in [0.1, 0.15) is 25.7 Å². The van der Waals surface area contributed by atoms with Crippen LogP contribution in [0.15, 0.2) is 12.2 Å². The van der Waals surface area contributed by atoms with Gasteiger partial charge in [0.2, 0.25) is 10.0 Å². The second-order valence-corrected chi connectivity index (χ2v) is 7.91. The Morgan fingerprint density at radius 2 is 1.76 bits per heavy atom. The normalized spacial score (nSPS) is 29.5. The van der Waals surface area contributed by atoms with Crippen molar-refractivity contribution in [3.05, 3.63) is 12.2 Å². The molecule has 116 valence electrons. The number of hydrogen-bond donors (Lipinski definition) is 0. The Kier molecular flexibility index (Phi) is 3.23. The molecule has 3 aliphatic heterocycles. The van der Waals surface area contributed by atoms with Crippen molar-refractivity contribution < 1.29 is 18.0 Å². The van der Waals surface area contributed by atoms with E-state index in [1.807, 2.05) is 0 Å². The van der Waals surface area contributed by atoms with E-state index in [9.17, 15) is 18.0 Å². The number of sulfonamides is 1. The van der Waals surface area contributed by atoms with Gasteiger partial charge in [0.05, 0.1) is 19.3 Å². The van der Waals surface area contributed by atoms with Crippen molar-refractivity contribution in [3.63, 3.8) is 0 Å². The van der Waals surface area contributed by atoms with Crippen molar-refractivity contribution in [2.75, 3.05) is 19.3 Å². The van der Waals surface area contributed by atoms with Gasteiger partial charge in [0.15, 0.2) is 0 Å². The molecule has 4 amide bonds. The summed E-state index contributed by atoms with van der Waals surface area (Å²) in [5, 5.41) is 0. The molecule has 8 heteroatoms. The van der Waals surface area contributed by atoms with Crippen LogP contribution in [-0.4, -0.2) is 66.0 Å². The number of rotatable bonds is 1. The lowest BCUT2D eigenvalue weighted by molar-refractivity contribution is 0.133. The van der Waals surface area contributed by atoms with Crippen LogP contribution in [0.4, 0.5) is 9.59 Å². The van der Waals surface area contributed by atoms with Gasteiger partial charge in [-0.3, -0.25) is 0 Å². The molecule has 0 radical (unpaired) electrons. The summed E-state index contributed by atoms with van der Waals surface area (Å²) in [6.07, 6.45) is 4.38. The highest BCUT2D eigenvalue weighted by Gasteiger charge is 2.46. The Morgan fingerprint density at radius 1 is 1.19 bits per heavy atom. The maximum atomic E-state index is 12.6. The van der Waals surface area contributed by atoms with Crippen LogP contribution >= 0.6 is 0 Å². The topological polar surface area (TPSA) is 78.0 Å². The number of amides is 4. The molecule has 0 aromatic rings. The first-order chi connectivity index (χ1) is 9.79. The first-order valence-electron chi connectivity index (χ1n) is 7.07. The summed E-state index contributed by atoms with van der Waals surface area (Å²) < 4.78 is 23.8. The van der Waals surface area contributed by atoms with Crippen molar-refractivity contribution in [2.24, 2.45) is 0 Å². The van der Waals surface area contributed by atoms with Crippen molar-refractivity contribution in [1.29, 1.82) is 0 Å². The van der Waals surface area contributed by atoms with Gasteiger partial charge in [-0.1, -0.05) is 12.2 Å². The molecular formula is C13H19N3O4S. The molecule has 2 unspecified atom stereocenters. The quantitative estimate of drug-likeness (QED) is 0.676.